The van der Waals surface area contributed by atoms with Crippen molar-refractivity contribution in [3.05, 3.63) is 101 Å². The number of carbonyl (C=O) groups is 2. The topological polar surface area (TPSA) is 105 Å². The third-order valence-electron chi connectivity index (χ3n) is 6.99. The molecule has 0 bridgehead atoms. The van der Waals surface area contributed by atoms with Gasteiger partial charge in [0, 0.05) is 32.7 Å². The van der Waals surface area contributed by atoms with Gasteiger partial charge in [-0.15, -0.1) is 0 Å². The van der Waals surface area contributed by atoms with E-state index in [0.717, 1.165) is 18.4 Å². The van der Waals surface area contributed by atoms with Crippen molar-refractivity contribution in [1.82, 2.24) is 14.9 Å². The van der Waals surface area contributed by atoms with E-state index in [4.69, 9.17) is 4.74 Å². The maximum absolute atomic E-state index is 13.8. The van der Waals surface area contributed by atoms with Crippen LogP contribution in [0.4, 0.5) is 4.39 Å². The van der Waals surface area contributed by atoms with Crippen LogP contribution in [0.15, 0.2) is 83.8 Å². The number of nitrogens with zero attached hydrogens (tertiary/aromatic N) is 1. The van der Waals surface area contributed by atoms with Crippen molar-refractivity contribution in [3.63, 3.8) is 0 Å². The molecule has 218 valence electrons. The highest BCUT2D eigenvalue weighted by Crippen LogP contribution is 2.26. The second-order valence-electron chi connectivity index (χ2n) is 9.99. The van der Waals surface area contributed by atoms with Gasteiger partial charge in [-0.1, -0.05) is 61.5 Å². The zero-order valence-corrected chi connectivity index (χ0v) is 23.9. The molecule has 0 saturated carbocycles. The van der Waals surface area contributed by atoms with Crippen molar-refractivity contribution in [3.8, 4) is 0 Å². The highest BCUT2D eigenvalue weighted by atomic mass is 32.2. The Labute approximate surface area is 241 Å². The predicted molar refractivity (Wildman–Crippen MR) is 154 cm³/mol. The molecule has 0 radical (unpaired) electrons. The Bertz CT molecular complexity index is 1390. The lowest BCUT2D eigenvalue weighted by atomic mass is 10.0. The van der Waals surface area contributed by atoms with E-state index in [1.165, 1.54) is 29.2 Å². The lowest BCUT2D eigenvalue weighted by Crippen LogP contribution is -2.45. The molecular weight excluding hydrogens is 545 g/mol. The van der Waals surface area contributed by atoms with Crippen LogP contribution < -0.4 is 10.0 Å². The average Bonchev–Trinajstić information content (AvgIpc) is 3.50. The Morgan fingerprint density at radius 3 is 2.32 bits per heavy atom. The Morgan fingerprint density at radius 2 is 1.68 bits per heavy atom. The largest absolute Gasteiger partial charge is 0.376 e. The van der Waals surface area contributed by atoms with Crippen molar-refractivity contribution in [2.75, 3.05) is 19.7 Å². The van der Waals surface area contributed by atoms with E-state index < -0.39 is 16.1 Å². The van der Waals surface area contributed by atoms with E-state index in [1.54, 1.807) is 31.2 Å². The van der Waals surface area contributed by atoms with Gasteiger partial charge < -0.3 is 15.0 Å². The first-order valence-electron chi connectivity index (χ1n) is 13.8. The molecule has 10 heteroatoms. The van der Waals surface area contributed by atoms with Crippen LogP contribution in [0.1, 0.15) is 48.9 Å². The van der Waals surface area contributed by atoms with Gasteiger partial charge in [0.05, 0.1) is 11.0 Å². The van der Waals surface area contributed by atoms with Gasteiger partial charge in [-0.3, -0.25) is 9.59 Å². The maximum Gasteiger partial charge on any atom is 0.247 e. The molecule has 2 atom stereocenters. The summed E-state index contributed by atoms with van der Waals surface area (Å²) in [5, 5.41) is 2.98. The Hall–Kier alpha value is -3.60. The normalized spacial score (nSPS) is 15.8. The average molecular weight is 582 g/mol. The van der Waals surface area contributed by atoms with E-state index >= 15 is 0 Å². The molecular formula is C31H36FN3O5S. The zero-order chi connectivity index (χ0) is 29.2. The molecule has 1 fully saturated rings. The molecule has 0 unspecified atom stereocenters. The standard InChI is InChI=1S/C31H36FN3O5S/c1-2-34-41(38,39)28-17-12-23(13-18-28)14-19-29(36)35(22-24-10-15-26(32)16-11-24)30(25-7-4-3-5-8-25)31(37)33-21-27-9-6-20-40-27/h3-5,7-8,10-13,15-18,27,30,34H,2,6,9,14,19-22H2,1H3,(H,33,37)/t27-,30+/m0/s1. The lowest BCUT2D eigenvalue weighted by molar-refractivity contribution is -0.141. The van der Waals surface area contributed by atoms with E-state index in [1.807, 2.05) is 30.3 Å². The number of halogens is 1. The molecule has 3 aromatic rings. The van der Waals surface area contributed by atoms with Crippen molar-refractivity contribution in [1.29, 1.82) is 0 Å². The van der Waals surface area contributed by atoms with E-state index in [2.05, 4.69) is 10.0 Å². The minimum Gasteiger partial charge on any atom is -0.376 e. The molecule has 1 heterocycles. The number of sulfonamides is 1. The fourth-order valence-electron chi connectivity index (χ4n) is 4.84. The molecule has 0 spiro atoms. The highest BCUT2D eigenvalue weighted by molar-refractivity contribution is 7.89. The molecule has 3 aromatic carbocycles. The van der Waals surface area contributed by atoms with Crippen molar-refractivity contribution in [2.24, 2.45) is 0 Å². The highest BCUT2D eigenvalue weighted by Gasteiger charge is 2.32. The van der Waals surface area contributed by atoms with Gasteiger partial charge in [0.25, 0.3) is 0 Å². The molecule has 41 heavy (non-hydrogen) atoms. The quantitative estimate of drug-likeness (QED) is 0.316. The van der Waals surface area contributed by atoms with Crippen LogP contribution in [0.3, 0.4) is 0 Å². The maximum atomic E-state index is 13.8. The number of benzene rings is 3. The minimum atomic E-state index is -3.58. The van der Waals surface area contributed by atoms with Crippen LogP contribution in [0.5, 0.6) is 0 Å². The van der Waals surface area contributed by atoms with Gasteiger partial charge in [-0.25, -0.2) is 17.5 Å². The third kappa shape index (κ3) is 8.45. The van der Waals surface area contributed by atoms with Gasteiger partial charge in [0.15, 0.2) is 0 Å². The Balaban J connectivity index is 1.57. The molecule has 2 N–H and O–H groups in total. The van der Waals surface area contributed by atoms with Gasteiger partial charge in [-0.2, -0.15) is 0 Å². The van der Waals surface area contributed by atoms with Crippen LogP contribution in [0.2, 0.25) is 0 Å². The molecule has 1 aliphatic rings. The molecule has 4 rings (SSSR count). The van der Waals surface area contributed by atoms with Gasteiger partial charge in [0.1, 0.15) is 11.9 Å². The second-order valence-corrected chi connectivity index (χ2v) is 11.8. The second kappa shape index (κ2) is 14.3. The van der Waals surface area contributed by atoms with E-state index in [-0.39, 0.29) is 48.1 Å². The first kappa shape index (κ1) is 30.4. The molecule has 0 aliphatic carbocycles. The SMILES string of the molecule is CCNS(=O)(=O)c1ccc(CCC(=O)N(Cc2ccc(F)cc2)[C@@H](C(=O)NC[C@@H]2CCCO2)c2ccccc2)cc1. The van der Waals surface area contributed by atoms with Crippen LogP contribution in [0, 0.1) is 5.82 Å². The van der Waals surface area contributed by atoms with E-state index in [0.29, 0.717) is 30.7 Å². The lowest BCUT2D eigenvalue weighted by Gasteiger charge is -2.32. The molecule has 1 aliphatic heterocycles. The summed E-state index contributed by atoms with van der Waals surface area (Å²) < 4.78 is 46.3. The fraction of sp³-hybridized carbons (Fsp3) is 0.355. The first-order valence-corrected chi connectivity index (χ1v) is 15.3. The summed E-state index contributed by atoms with van der Waals surface area (Å²) in [6, 6.07) is 20.4. The molecule has 2 amide bonds. The molecule has 0 aromatic heterocycles. The van der Waals surface area contributed by atoms with E-state index in [9.17, 15) is 22.4 Å². The fourth-order valence-corrected chi connectivity index (χ4v) is 5.88. The number of aryl methyl sites for hydroxylation is 1. The number of ether oxygens (including phenoxy) is 1. The number of rotatable bonds is 13. The number of amides is 2. The number of carbonyl (C=O) groups excluding carboxylic acids is 2. The Kier molecular flexibility index (Phi) is 10.6. The van der Waals surface area contributed by atoms with Crippen molar-refractivity contribution in [2.45, 2.75) is 56.2 Å². The summed E-state index contributed by atoms with van der Waals surface area (Å²) in [6.07, 6.45) is 2.18. The molecule has 1 saturated heterocycles. The first-order chi connectivity index (χ1) is 19.8. The van der Waals surface area contributed by atoms with Gasteiger partial charge in [0.2, 0.25) is 21.8 Å². The minimum absolute atomic E-state index is 0.0593. The number of hydrogen-bond acceptors (Lipinski definition) is 5. The summed E-state index contributed by atoms with van der Waals surface area (Å²) >= 11 is 0. The Morgan fingerprint density at radius 1 is 1.00 bits per heavy atom. The van der Waals surface area contributed by atoms with Gasteiger partial charge >= 0.3 is 0 Å². The predicted octanol–water partition coefficient (Wildman–Crippen LogP) is 4.12. The van der Waals surface area contributed by atoms with Crippen LogP contribution >= 0.6 is 0 Å². The number of nitrogens with one attached hydrogen (secondary N) is 2. The zero-order valence-electron chi connectivity index (χ0n) is 23.1. The summed E-state index contributed by atoms with van der Waals surface area (Å²) in [7, 11) is -3.58. The summed E-state index contributed by atoms with van der Waals surface area (Å²) in [5.41, 5.74) is 2.13. The van der Waals surface area contributed by atoms with Crippen molar-refractivity contribution < 1.29 is 27.1 Å². The molecule has 8 nitrogen and oxygen atoms in total. The summed E-state index contributed by atoms with van der Waals surface area (Å²) in [5.74, 6) is -0.972. The monoisotopic (exact) mass is 581 g/mol. The van der Waals surface area contributed by atoms with Crippen LogP contribution in [0.25, 0.3) is 0 Å². The van der Waals surface area contributed by atoms with Gasteiger partial charge in [-0.05, 0) is 60.2 Å². The number of hydrogen-bond donors (Lipinski definition) is 2. The van der Waals surface area contributed by atoms with Crippen molar-refractivity contribution >= 4 is 21.8 Å². The van der Waals surface area contributed by atoms with Crippen LogP contribution in [-0.4, -0.2) is 50.9 Å². The third-order valence-corrected chi connectivity index (χ3v) is 8.55. The van der Waals surface area contributed by atoms with Crippen LogP contribution in [-0.2, 0) is 37.3 Å². The summed E-state index contributed by atoms with van der Waals surface area (Å²) in [4.78, 5) is 29.2. The summed E-state index contributed by atoms with van der Waals surface area (Å²) in [6.45, 7) is 3.11. The smallest absolute Gasteiger partial charge is 0.247 e.